The number of hydrazine groups is 1. The van der Waals surface area contributed by atoms with E-state index in [2.05, 4.69) is 54.1 Å². The Morgan fingerprint density at radius 2 is 1.68 bits per heavy atom. The number of carbonyl (C=O) groups is 3. The van der Waals surface area contributed by atoms with Crippen molar-refractivity contribution >= 4 is 17.7 Å². The fourth-order valence-electron chi connectivity index (χ4n) is 5.35. The van der Waals surface area contributed by atoms with Gasteiger partial charge in [-0.2, -0.15) is 13.2 Å². The molecule has 0 radical (unpaired) electrons. The van der Waals surface area contributed by atoms with Gasteiger partial charge in [-0.25, -0.2) is 9.59 Å². The summed E-state index contributed by atoms with van der Waals surface area (Å²) >= 11 is 0. The number of rotatable bonds is 9. The first-order valence-electron chi connectivity index (χ1n) is 12.1. The van der Waals surface area contributed by atoms with Crippen LogP contribution < -0.4 is 10.9 Å². The van der Waals surface area contributed by atoms with E-state index in [1.807, 2.05) is 6.07 Å². The molecule has 0 bridgehead atoms. The highest BCUT2D eigenvalue weighted by molar-refractivity contribution is 6.33. The number of Topliss-reactive ketones (excluding diaryl/α,β-unsaturated/α-hetero) is 1. The average molecular weight is 532 g/mol. The number of carboxylic acid groups (broad SMARTS) is 2. The van der Waals surface area contributed by atoms with Gasteiger partial charge in [0.1, 0.15) is 0 Å². The molecule has 2 fully saturated rings. The zero-order valence-corrected chi connectivity index (χ0v) is 21.3. The Bertz CT molecular complexity index is 918. The molecule has 1 heterocycles. The van der Waals surface area contributed by atoms with Crippen LogP contribution >= 0.6 is 0 Å². The van der Waals surface area contributed by atoms with E-state index in [0.29, 0.717) is 19.4 Å². The molecule has 1 spiro atoms. The van der Waals surface area contributed by atoms with Crippen LogP contribution in [-0.4, -0.2) is 78.4 Å². The molecule has 1 saturated carbocycles. The predicted molar refractivity (Wildman–Crippen MR) is 129 cm³/mol. The molecule has 2 atom stereocenters. The van der Waals surface area contributed by atoms with Gasteiger partial charge in [-0.3, -0.25) is 20.5 Å². The molecule has 12 heteroatoms. The largest absolute Gasteiger partial charge is 0.490 e. The summed E-state index contributed by atoms with van der Waals surface area (Å²) in [5.41, 5.74) is 8.00. The number of carboxylic acids is 2. The summed E-state index contributed by atoms with van der Waals surface area (Å²) in [7, 11) is 5.90. The van der Waals surface area contributed by atoms with Crippen molar-refractivity contribution in [3.05, 3.63) is 35.9 Å². The van der Waals surface area contributed by atoms with Gasteiger partial charge < -0.3 is 14.9 Å². The second-order valence-electron chi connectivity index (χ2n) is 9.87. The Labute approximate surface area is 214 Å². The Kier molecular flexibility index (Phi) is 10.6. The number of hydrogen-bond donors (Lipinski definition) is 4. The summed E-state index contributed by atoms with van der Waals surface area (Å²) in [5.74, 6) is -5.35. The predicted octanol–water partition coefficient (Wildman–Crippen LogP) is 2.95. The van der Waals surface area contributed by atoms with Crippen LogP contribution in [0.25, 0.3) is 0 Å². The van der Waals surface area contributed by atoms with Crippen molar-refractivity contribution in [2.45, 2.75) is 68.2 Å². The van der Waals surface area contributed by atoms with E-state index in [1.54, 1.807) is 7.11 Å². The maximum atomic E-state index is 12.4. The van der Waals surface area contributed by atoms with E-state index < -0.39 is 29.8 Å². The van der Waals surface area contributed by atoms with Gasteiger partial charge in [-0.15, -0.1) is 0 Å². The highest BCUT2D eigenvalue weighted by Crippen LogP contribution is 2.47. The summed E-state index contributed by atoms with van der Waals surface area (Å²) in [4.78, 5) is 35.0. The molecule has 1 aromatic rings. The summed E-state index contributed by atoms with van der Waals surface area (Å²) in [6, 6.07) is 10.5. The number of nitrogens with one attached hydrogen (secondary N) is 2. The molecule has 1 aliphatic carbocycles. The van der Waals surface area contributed by atoms with Crippen molar-refractivity contribution in [2.75, 3.05) is 27.8 Å². The van der Waals surface area contributed by atoms with Crippen molar-refractivity contribution in [2.24, 2.45) is 5.92 Å². The Hall–Kier alpha value is -2.54. The van der Waals surface area contributed by atoms with Crippen LogP contribution in [0.5, 0.6) is 0 Å². The van der Waals surface area contributed by atoms with Crippen LogP contribution in [0.15, 0.2) is 30.3 Å². The number of nitrogens with zero attached hydrogens (tertiary/aromatic N) is 1. The summed E-state index contributed by atoms with van der Waals surface area (Å²) < 4.78 is 36.8. The minimum absolute atomic E-state index is 0.00102. The van der Waals surface area contributed by atoms with Gasteiger partial charge in [0.15, 0.2) is 0 Å². The fraction of sp³-hybridized carbons (Fsp3) is 0.640. The number of ketones is 1. The molecule has 0 aromatic heterocycles. The first kappa shape index (κ1) is 30.7. The molecular weight excluding hydrogens is 495 g/mol. The van der Waals surface area contributed by atoms with E-state index in [9.17, 15) is 27.9 Å². The highest BCUT2D eigenvalue weighted by Gasteiger charge is 2.50. The number of benzene rings is 1. The number of aliphatic carboxylic acids is 2. The van der Waals surface area contributed by atoms with Crippen LogP contribution in [0.1, 0.15) is 50.5 Å². The van der Waals surface area contributed by atoms with Crippen LogP contribution in [0.2, 0.25) is 0 Å². The molecule has 9 nitrogen and oxygen atoms in total. The topological polar surface area (TPSA) is 128 Å². The maximum Gasteiger partial charge on any atom is 0.490 e. The van der Waals surface area contributed by atoms with Crippen LogP contribution in [0.4, 0.5) is 13.2 Å². The number of hydrogen-bond acceptors (Lipinski definition) is 7. The number of alkyl halides is 3. The molecule has 1 aromatic carbocycles. The van der Waals surface area contributed by atoms with Crippen LogP contribution in [0.3, 0.4) is 0 Å². The Balaban J connectivity index is 0.000000604. The third-order valence-corrected chi connectivity index (χ3v) is 7.47. The molecule has 208 valence electrons. The van der Waals surface area contributed by atoms with Crippen molar-refractivity contribution in [3.63, 3.8) is 0 Å². The van der Waals surface area contributed by atoms with E-state index in [-0.39, 0.29) is 17.1 Å². The van der Waals surface area contributed by atoms with Crippen LogP contribution in [0, 0.1) is 5.92 Å². The second kappa shape index (κ2) is 12.8. The molecular formula is C25H36F3N3O6. The molecule has 37 heavy (non-hydrogen) atoms. The number of ether oxygens (including phenoxy) is 1. The van der Waals surface area contributed by atoms with Gasteiger partial charge in [-0.1, -0.05) is 30.3 Å². The van der Waals surface area contributed by atoms with Crippen molar-refractivity contribution in [1.82, 2.24) is 15.8 Å². The summed E-state index contributed by atoms with van der Waals surface area (Å²) in [6.07, 6.45) is 0.815. The summed E-state index contributed by atoms with van der Waals surface area (Å²) in [5, 5.41) is 16.4. The summed E-state index contributed by atoms with van der Waals surface area (Å²) in [6.45, 7) is 0.525. The third kappa shape index (κ3) is 7.73. The zero-order chi connectivity index (χ0) is 27.9. The van der Waals surface area contributed by atoms with Crippen molar-refractivity contribution < 1.29 is 42.5 Å². The highest BCUT2D eigenvalue weighted by atomic mass is 19.4. The third-order valence-electron chi connectivity index (χ3n) is 7.47. The minimum atomic E-state index is -5.08. The number of carbonyl (C=O) groups excluding carboxylic acids is 1. The first-order valence-corrected chi connectivity index (χ1v) is 12.1. The first-order chi connectivity index (χ1) is 17.3. The van der Waals surface area contributed by atoms with E-state index in [0.717, 1.165) is 32.1 Å². The molecule has 2 aliphatic rings. The van der Waals surface area contributed by atoms with E-state index in [4.69, 9.17) is 14.6 Å². The Morgan fingerprint density at radius 1 is 1.11 bits per heavy atom. The van der Waals surface area contributed by atoms with E-state index >= 15 is 0 Å². The average Bonchev–Trinajstić information content (AvgIpc) is 3.25. The van der Waals surface area contributed by atoms with Gasteiger partial charge in [0.25, 0.3) is 0 Å². The Morgan fingerprint density at radius 3 is 2.14 bits per heavy atom. The SMILES string of the molecule is COCCCC(C(=O)C(=O)O)[C@@H]1CC2(CCC(c3ccccc3)(N(C)C)CC2)NN1.O=C(O)C(F)(F)F. The van der Waals surface area contributed by atoms with Gasteiger partial charge in [0.2, 0.25) is 5.78 Å². The lowest BCUT2D eigenvalue weighted by atomic mass is 9.67. The van der Waals surface area contributed by atoms with Crippen molar-refractivity contribution in [3.8, 4) is 0 Å². The monoisotopic (exact) mass is 531 g/mol. The van der Waals surface area contributed by atoms with Gasteiger partial charge in [0.05, 0.1) is 0 Å². The van der Waals surface area contributed by atoms with E-state index in [1.165, 1.54) is 5.56 Å². The lowest BCUT2D eigenvalue weighted by Gasteiger charge is -2.49. The molecule has 0 amide bonds. The lowest BCUT2D eigenvalue weighted by molar-refractivity contribution is -0.192. The molecule has 1 aliphatic heterocycles. The molecule has 1 unspecified atom stereocenters. The normalized spacial score (nSPS) is 26.4. The smallest absolute Gasteiger partial charge is 0.475 e. The standard InChI is InChI=1S/C23H35N3O4.C2HF3O2/c1-26(2)23(17-8-5-4-6-9-17)13-11-22(12-14-23)16-19(24-25-22)18(10-7-15-30-3)20(27)21(28)29;3-2(4,5)1(6)7/h4-6,8-9,18-19,24-25H,7,10-16H2,1-3H3,(H,28,29);(H,6,7)/t18?,19-,22?,23?;/m0./s1. The van der Waals surface area contributed by atoms with Gasteiger partial charge in [0, 0.05) is 36.8 Å². The molecule has 3 rings (SSSR count). The zero-order valence-electron chi connectivity index (χ0n) is 21.3. The minimum Gasteiger partial charge on any atom is -0.475 e. The van der Waals surface area contributed by atoms with Gasteiger partial charge >= 0.3 is 18.1 Å². The quantitative estimate of drug-likeness (QED) is 0.281. The lowest BCUT2D eigenvalue weighted by Crippen LogP contribution is -2.53. The number of halogens is 3. The van der Waals surface area contributed by atoms with Crippen molar-refractivity contribution in [1.29, 1.82) is 0 Å². The number of methoxy groups -OCH3 is 1. The molecule has 1 saturated heterocycles. The maximum absolute atomic E-state index is 12.4. The van der Waals surface area contributed by atoms with Gasteiger partial charge in [-0.05, 0) is 64.6 Å². The van der Waals surface area contributed by atoms with Crippen LogP contribution in [-0.2, 0) is 24.7 Å². The fourth-order valence-corrected chi connectivity index (χ4v) is 5.35. The second-order valence-corrected chi connectivity index (χ2v) is 9.87. The molecule has 4 N–H and O–H groups in total.